The van der Waals surface area contributed by atoms with E-state index in [9.17, 15) is 14.9 Å². The second-order valence-corrected chi connectivity index (χ2v) is 5.02. The lowest BCUT2D eigenvalue weighted by Gasteiger charge is -2.31. The molecule has 2 aliphatic rings. The Labute approximate surface area is 110 Å². The Morgan fingerprint density at radius 3 is 2.68 bits per heavy atom. The van der Waals surface area contributed by atoms with Crippen LogP contribution in [0.1, 0.15) is 18.4 Å². The van der Waals surface area contributed by atoms with Crippen LogP contribution in [0.2, 0.25) is 0 Å². The van der Waals surface area contributed by atoms with Crippen LogP contribution in [0.3, 0.4) is 0 Å². The van der Waals surface area contributed by atoms with Crippen molar-refractivity contribution in [1.29, 1.82) is 0 Å². The summed E-state index contributed by atoms with van der Waals surface area (Å²) in [6.07, 6.45) is 1.18. The number of nitro benzene ring substituents is 1. The molecule has 100 valence electrons. The van der Waals surface area contributed by atoms with E-state index < -0.39 is 10.3 Å². The highest BCUT2D eigenvalue weighted by molar-refractivity contribution is 6.08. The second kappa shape index (κ2) is 4.03. The van der Waals surface area contributed by atoms with Gasteiger partial charge in [0.15, 0.2) is 0 Å². The van der Waals surface area contributed by atoms with E-state index in [2.05, 4.69) is 0 Å². The SMILES string of the molecule is CN1C(=O)C2(CCOCC2)c2cc([N+](=O)[O-])ccc21. The summed E-state index contributed by atoms with van der Waals surface area (Å²) in [5.41, 5.74) is 0.955. The van der Waals surface area contributed by atoms with Gasteiger partial charge in [-0.1, -0.05) is 0 Å². The largest absolute Gasteiger partial charge is 0.381 e. The minimum absolute atomic E-state index is 0.0197. The van der Waals surface area contributed by atoms with Gasteiger partial charge in [-0.3, -0.25) is 14.9 Å². The monoisotopic (exact) mass is 262 g/mol. The molecule has 0 aromatic heterocycles. The molecule has 2 aliphatic heterocycles. The lowest BCUT2D eigenvalue weighted by atomic mass is 9.75. The zero-order chi connectivity index (χ0) is 13.6. The Kier molecular flexibility index (Phi) is 2.56. The van der Waals surface area contributed by atoms with Crippen LogP contribution in [0.25, 0.3) is 0 Å². The van der Waals surface area contributed by atoms with Crippen molar-refractivity contribution in [3.05, 3.63) is 33.9 Å². The highest BCUT2D eigenvalue weighted by atomic mass is 16.6. The fourth-order valence-electron chi connectivity index (χ4n) is 3.06. The molecular weight excluding hydrogens is 248 g/mol. The van der Waals surface area contributed by atoms with E-state index in [0.717, 1.165) is 11.3 Å². The van der Waals surface area contributed by atoms with Gasteiger partial charge in [-0.05, 0) is 24.5 Å². The van der Waals surface area contributed by atoms with E-state index in [4.69, 9.17) is 4.74 Å². The van der Waals surface area contributed by atoms with Crippen molar-refractivity contribution in [2.75, 3.05) is 25.2 Å². The molecule has 1 fully saturated rings. The van der Waals surface area contributed by atoms with Gasteiger partial charge in [-0.25, -0.2) is 0 Å². The van der Waals surface area contributed by atoms with E-state index >= 15 is 0 Å². The molecule has 3 rings (SSSR count). The van der Waals surface area contributed by atoms with Crippen molar-refractivity contribution >= 4 is 17.3 Å². The zero-order valence-electron chi connectivity index (χ0n) is 10.6. The van der Waals surface area contributed by atoms with Crippen LogP contribution in [0, 0.1) is 10.1 Å². The number of carbonyl (C=O) groups excluding carboxylic acids is 1. The average Bonchev–Trinajstić information content (AvgIpc) is 2.63. The highest BCUT2D eigenvalue weighted by Crippen LogP contribution is 2.48. The quantitative estimate of drug-likeness (QED) is 0.569. The predicted octanol–water partition coefficient (Wildman–Crippen LogP) is 1.62. The summed E-state index contributed by atoms with van der Waals surface area (Å²) in [5, 5.41) is 10.9. The molecule has 1 spiro atoms. The fourth-order valence-corrected chi connectivity index (χ4v) is 3.06. The van der Waals surface area contributed by atoms with Crippen molar-refractivity contribution in [3.8, 4) is 0 Å². The Morgan fingerprint density at radius 2 is 2.05 bits per heavy atom. The zero-order valence-corrected chi connectivity index (χ0v) is 10.6. The normalized spacial score (nSPS) is 20.7. The highest BCUT2D eigenvalue weighted by Gasteiger charge is 2.50. The topological polar surface area (TPSA) is 72.7 Å². The second-order valence-electron chi connectivity index (χ2n) is 5.02. The first-order chi connectivity index (χ1) is 9.06. The van der Waals surface area contributed by atoms with Crippen LogP contribution in [-0.4, -0.2) is 31.1 Å². The summed E-state index contributed by atoms with van der Waals surface area (Å²) < 4.78 is 5.33. The minimum Gasteiger partial charge on any atom is -0.381 e. The fraction of sp³-hybridized carbons (Fsp3) is 0.462. The van der Waals surface area contributed by atoms with Crippen LogP contribution in [0.15, 0.2) is 18.2 Å². The number of benzene rings is 1. The Morgan fingerprint density at radius 1 is 1.37 bits per heavy atom. The number of likely N-dealkylation sites (N-methyl/N-ethyl adjacent to an activating group) is 1. The molecule has 1 saturated heterocycles. The smallest absolute Gasteiger partial charge is 0.269 e. The molecule has 0 radical (unpaired) electrons. The van der Waals surface area contributed by atoms with Gasteiger partial charge in [0, 0.05) is 38.1 Å². The Bertz CT molecular complexity index is 564. The first kappa shape index (κ1) is 12.1. The van der Waals surface area contributed by atoms with E-state index in [1.54, 1.807) is 24.1 Å². The average molecular weight is 262 g/mol. The summed E-state index contributed by atoms with van der Waals surface area (Å²) in [6.45, 7) is 1.03. The number of fused-ring (bicyclic) bond motifs is 2. The number of hydrogen-bond donors (Lipinski definition) is 0. The Hall–Kier alpha value is -1.95. The van der Waals surface area contributed by atoms with Crippen molar-refractivity contribution in [3.63, 3.8) is 0 Å². The number of ether oxygens (including phenoxy) is 1. The molecule has 0 bridgehead atoms. The van der Waals surface area contributed by atoms with Crippen molar-refractivity contribution in [2.24, 2.45) is 0 Å². The Balaban J connectivity index is 2.17. The molecule has 0 N–H and O–H groups in total. The molecule has 1 amide bonds. The lowest BCUT2D eigenvalue weighted by molar-refractivity contribution is -0.384. The van der Waals surface area contributed by atoms with Crippen LogP contribution in [-0.2, 0) is 14.9 Å². The van der Waals surface area contributed by atoms with Crippen molar-refractivity contribution in [1.82, 2.24) is 0 Å². The molecule has 1 aromatic carbocycles. The molecule has 6 nitrogen and oxygen atoms in total. The van der Waals surface area contributed by atoms with Gasteiger partial charge in [-0.2, -0.15) is 0 Å². The summed E-state index contributed by atoms with van der Waals surface area (Å²) in [6, 6.07) is 4.65. The summed E-state index contributed by atoms with van der Waals surface area (Å²) in [7, 11) is 1.72. The number of anilines is 1. The third-order valence-electron chi connectivity index (χ3n) is 4.13. The third-order valence-corrected chi connectivity index (χ3v) is 4.13. The van der Waals surface area contributed by atoms with Gasteiger partial charge in [0.25, 0.3) is 5.69 Å². The molecule has 1 aromatic rings. The molecule has 6 heteroatoms. The van der Waals surface area contributed by atoms with Gasteiger partial charge in [0.05, 0.1) is 10.3 Å². The maximum atomic E-state index is 12.5. The number of nitro groups is 1. The molecule has 2 heterocycles. The number of carbonyl (C=O) groups is 1. The maximum Gasteiger partial charge on any atom is 0.269 e. The van der Waals surface area contributed by atoms with E-state index in [1.807, 2.05) is 0 Å². The van der Waals surface area contributed by atoms with E-state index in [1.165, 1.54) is 6.07 Å². The number of nitrogens with zero attached hydrogens (tertiary/aromatic N) is 2. The summed E-state index contributed by atoms with van der Waals surface area (Å²) in [5.74, 6) is 0.0197. The predicted molar refractivity (Wildman–Crippen MR) is 68.2 cm³/mol. The van der Waals surface area contributed by atoms with Crippen LogP contribution in [0.4, 0.5) is 11.4 Å². The van der Waals surface area contributed by atoms with Crippen LogP contribution >= 0.6 is 0 Å². The number of hydrogen-bond acceptors (Lipinski definition) is 4. The van der Waals surface area contributed by atoms with Gasteiger partial charge in [0.2, 0.25) is 5.91 Å². The van der Waals surface area contributed by atoms with Gasteiger partial charge in [0.1, 0.15) is 0 Å². The maximum absolute atomic E-state index is 12.5. The standard InChI is InChI=1S/C13H14N2O4/c1-14-11-3-2-9(15(17)18)8-10(11)13(12(14)16)4-6-19-7-5-13/h2-3,8H,4-7H2,1H3. The van der Waals surface area contributed by atoms with E-state index in [0.29, 0.717) is 26.1 Å². The first-order valence-electron chi connectivity index (χ1n) is 6.21. The molecule has 0 aliphatic carbocycles. The van der Waals surface area contributed by atoms with Crippen molar-refractivity contribution in [2.45, 2.75) is 18.3 Å². The van der Waals surface area contributed by atoms with Crippen LogP contribution < -0.4 is 4.90 Å². The molecular formula is C13H14N2O4. The van der Waals surface area contributed by atoms with E-state index in [-0.39, 0.29) is 11.6 Å². The summed E-state index contributed by atoms with van der Waals surface area (Å²) >= 11 is 0. The molecule has 0 saturated carbocycles. The molecule has 19 heavy (non-hydrogen) atoms. The number of amides is 1. The van der Waals surface area contributed by atoms with Gasteiger partial charge < -0.3 is 9.64 Å². The minimum atomic E-state index is -0.631. The van der Waals surface area contributed by atoms with Crippen LogP contribution in [0.5, 0.6) is 0 Å². The van der Waals surface area contributed by atoms with Gasteiger partial charge in [-0.15, -0.1) is 0 Å². The van der Waals surface area contributed by atoms with Gasteiger partial charge >= 0.3 is 0 Å². The van der Waals surface area contributed by atoms with Crippen molar-refractivity contribution < 1.29 is 14.5 Å². The third kappa shape index (κ3) is 1.56. The molecule has 0 atom stereocenters. The number of rotatable bonds is 1. The first-order valence-corrected chi connectivity index (χ1v) is 6.21. The number of non-ortho nitro benzene ring substituents is 1. The molecule has 0 unspecified atom stereocenters. The lowest BCUT2D eigenvalue weighted by Crippen LogP contribution is -2.42. The summed E-state index contributed by atoms with van der Waals surface area (Å²) in [4.78, 5) is 24.6.